The molecule has 0 amide bonds. The van der Waals surface area contributed by atoms with Gasteiger partial charge in [-0.3, -0.25) is 0 Å². The first-order valence-electron chi connectivity index (χ1n) is 9.09. The summed E-state index contributed by atoms with van der Waals surface area (Å²) < 4.78 is 5.44. The molecule has 0 atom stereocenters. The van der Waals surface area contributed by atoms with Gasteiger partial charge in [0.2, 0.25) is 0 Å². The molecule has 140 valence electrons. The molecule has 4 rings (SSSR count). The van der Waals surface area contributed by atoms with Crippen LogP contribution in [0.4, 0.5) is 0 Å². The average Bonchev–Trinajstić information content (AvgIpc) is 3.24. The van der Waals surface area contributed by atoms with E-state index in [1.54, 1.807) is 30.3 Å². The van der Waals surface area contributed by atoms with Crippen molar-refractivity contribution in [3.05, 3.63) is 113 Å². The van der Waals surface area contributed by atoms with Crippen molar-refractivity contribution in [1.82, 2.24) is 10.1 Å². The first-order chi connectivity index (χ1) is 14.2. The van der Waals surface area contributed by atoms with Crippen LogP contribution >= 0.6 is 0 Å². The summed E-state index contributed by atoms with van der Waals surface area (Å²) in [6.45, 7) is 0. The van der Waals surface area contributed by atoms with Crippen LogP contribution in [0.5, 0.6) is 5.75 Å². The predicted molar refractivity (Wildman–Crippen MR) is 110 cm³/mol. The molecule has 5 nitrogen and oxygen atoms in total. The quantitative estimate of drug-likeness (QED) is 0.492. The lowest BCUT2D eigenvalue weighted by Gasteiger charge is -2.14. The number of aromatic hydroxyl groups is 1. The van der Waals surface area contributed by atoms with Gasteiger partial charge in [0.15, 0.2) is 5.82 Å². The van der Waals surface area contributed by atoms with E-state index >= 15 is 0 Å². The van der Waals surface area contributed by atoms with Gasteiger partial charge in [0.25, 0.3) is 5.89 Å². The van der Waals surface area contributed by atoms with E-state index in [-0.39, 0.29) is 23.1 Å². The molecule has 0 spiro atoms. The minimum Gasteiger partial charge on any atom is -0.508 e. The van der Waals surface area contributed by atoms with E-state index in [2.05, 4.69) is 16.2 Å². The number of aromatic nitrogens is 2. The van der Waals surface area contributed by atoms with E-state index in [0.717, 1.165) is 16.7 Å². The second kappa shape index (κ2) is 8.24. The summed E-state index contributed by atoms with van der Waals surface area (Å²) in [5.41, 5.74) is 3.08. The van der Waals surface area contributed by atoms with Crippen molar-refractivity contribution in [2.45, 2.75) is 5.92 Å². The van der Waals surface area contributed by atoms with E-state index in [1.807, 2.05) is 60.7 Å². The fourth-order valence-electron chi connectivity index (χ4n) is 3.12. The van der Waals surface area contributed by atoms with Crippen molar-refractivity contribution in [2.75, 3.05) is 0 Å². The number of hydrogen-bond acceptors (Lipinski definition) is 5. The second-order valence-electron chi connectivity index (χ2n) is 6.47. The maximum Gasteiger partial charge on any atom is 0.268 e. The Morgan fingerprint density at radius 3 is 2.03 bits per heavy atom. The largest absolute Gasteiger partial charge is 0.508 e. The Bertz CT molecular complexity index is 1120. The highest BCUT2D eigenvalue weighted by atomic mass is 16.5. The van der Waals surface area contributed by atoms with Gasteiger partial charge in [-0.25, -0.2) is 0 Å². The molecule has 1 heterocycles. The van der Waals surface area contributed by atoms with Gasteiger partial charge >= 0.3 is 0 Å². The Balaban J connectivity index is 1.74. The monoisotopic (exact) mass is 379 g/mol. The number of hydrogen-bond donors (Lipinski definition) is 1. The molecule has 4 aromatic rings. The van der Waals surface area contributed by atoms with E-state index in [0.29, 0.717) is 5.82 Å². The summed E-state index contributed by atoms with van der Waals surface area (Å²) in [4.78, 5) is 4.53. The van der Waals surface area contributed by atoms with E-state index < -0.39 is 0 Å². The molecule has 1 N–H and O–H groups in total. The van der Waals surface area contributed by atoms with Gasteiger partial charge in [-0.05, 0) is 34.9 Å². The van der Waals surface area contributed by atoms with Crippen LogP contribution < -0.4 is 0 Å². The highest BCUT2D eigenvalue weighted by Gasteiger charge is 2.23. The molecule has 0 radical (unpaired) electrons. The number of phenolic OH excluding ortho intramolecular Hbond substituents is 1. The standard InChI is InChI=1S/C24H17N3O2/c25-16-20(15-17-11-13-21(28)14-12-17)24-26-23(27-29-24)22(18-7-3-1-4-8-18)19-9-5-2-6-10-19/h1-15,22,28H. The third-order valence-corrected chi connectivity index (χ3v) is 4.52. The Morgan fingerprint density at radius 2 is 1.48 bits per heavy atom. The minimum absolute atomic E-state index is 0.160. The van der Waals surface area contributed by atoms with E-state index in [1.165, 1.54) is 0 Å². The van der Waals surface area contributed by atoms with Crippen molar-refractivity contribution in [1.29, 1.82) is 5.26 Å². The third kappa shape index (κ3) is 4.07. The topological polar surface area (TPSA) is 82.9 Å². The zero-order valence-electron chi connectivity index (χ0n) is 15.4. The van der Waals surface area contributed by atoms with Crippen LogP contribution in [0.15, 0.2) is 89.5 Å². The fraction of sp³-hybridized carbons (Fsp3) is 0.0417. The van der Waals surface area contributed by atoms with Crippen LogP contribution in [0.25, 0.3) is 11.6 Å². The fourth-order valence-corrected chi connectivity index (χ4v) is 3.12. The summed E-state index contributed by atoms with van der Waals surface area (Å²) in [6.07, 6.45) is 1.65. The normalized spacial score (nSPS) is 11.4. The minimum atomic E-state index is -0.205. The number of benzene rings is 3. The van der Waals surface area contributed by atoms with Gasteiger partial charge in [0.1, 0.15) is 17.4 Å². The number of allylic oxidation sites excluding steroid dienone is 1. The zero-order valence-corrected chi connectivity index (χ0v) is 15.4. The summed E-state index contributed by atoms with van der Waals surface area (Å²) >= 11 is 0. The molecule has 0 unspecified atom stereocenters. The Hall–Kier alpha value is -4.17. The molecule has 0 aliphatic rings. The van der Waals surface area contributed by atoms with Gasteiger partial charge < -0.3 is 9.63 Å². The molecular weight excluding hydrogens is 362 g/mol. The van der Waals surface area contributed by atoms with Crippen LogP contribution in [0, 0.1) is 11.3 Å². The number of nitrogens with zero attached hydrogens (tertiary/aromatic N) is 3. The average molecular weight is 379 g/mol. The van der Waals surface area contributed by atoms with Crippen molar-refractivity contribution in [2.24, 2.45) is 0 Å². The maximum atomic E-state index is 9.58. The van der Waals surface area contributed by atoms with Gasteiger partial charge in [0, 0.05) is 0 Å². The molecule has 0 fully saturated rings. The summed E-state index contributed by atoms with van der Waals surface area (Å²) in [7, 11) is 0. The van der Waals surface area contributed by atoms with Gasteiger partial charge in [-0.2, -0.15) is 10.2 Å². The molecule has 5 heteroatoms. The Labute approximate surface area is 168 Å². The highest BCUT2D eigenvalue weighted by molar-refractivity contribution is 5.86. The van der Waals surface area contributed by atoms with Crippen LogP contribution in [-0.2, 0) is 0 Å². The molecular formula is C24H17N3O2. The lowest BCUT2D eigenvalue weighted by atomic mass is 9.91. The van der Waals surface area contributed by atoms with Crippen LogP contribution in [0.1, 0.15) is 34.3 Å². The SMILES string of the molecule is N#CC(=Cc1ccc(O)cc1)c1nc(C(c2ccccc2)c2ccccc2)no1. The predicted octanol–water partition coefficient (Wildman–Crippen LogP) is 5.02. The number of nitriles is 1. The van der Waals surface area contributed by atoms with Crippen LogP contribution in [0.2, 0.25) is 0 Å². The highest BCUT2D eigenvalue weighted by Crippen LogP contribution is 2.30. The van der Waals surface area contributed by atoms with Crippen molar-refractivity contribution >= 4 is 11.6 Å². The Kier molecular flexibility index (Phi) is 5.17. The first kappa shape index (κ1) is 18.2. The molecule has 0 aliphatic carbocycles. The molecule has 29 heavy (non-hydrogen) atoms. The molecule has 1 aromatic heterocycles. The lowest BCUT2D eigenvalue weighted by Crippen LogP contribution is -2.05. The van der Waals surface area contributed by atoms with E-state index in [4.69, 9.17) is 4.52 Å². The molecule has 0 saturated carbocycles. The van der Waals surface area contributed by atoms with Crippen molar-refractivity contribution < 1.29 is 9.63 Å². The maximum absolute atomic E-state index is 9.58. The second-order valence-corrected chi connectivity index (χ2v) is 6.47. The van der Waals surface area contributed by atoms with Crippen LogP contribution in [-0.4, -0.2) is 15.2 Å². The van der Waals surface area contributed by atoms with E-state index in [9.17, 15) is 10.4 Å². The van der Waals surface area contributed by atoms with Gasteiger partial charge in [0.05, 0.1) is 5.92 Å². The van der Waals surface area contributed by atoms with Crippen molar-refractivity contribution in [3.8, 4) is 11.8 Å². The molecule has 0 saturated heterocycles. The third-order valence-electron chi connectivity index (χ3n) is 4.52. The number of phenols is 1. The Morgan fingerprint density at radius 1 is 0.897 bits per heavy atom. The summed E-state index contributed by atoms with van der Waals surface area (Å²) in [5.74, 6) is 0.606. The van der Waals surface area contributed by atoms with Gasteiger partial charge in [-0.15, -0.1) is 0 Å². The van der Waals surface area contributed by atoms with Crippen molar-refractivity contribution in [3.63, 3.8) is 0 Å². The summed E-state index contributed by atoms with van der Waals surface area (Å²) in [6, 6.07) is 28.5. The molecule has 3 aromatic carbocycles. The lowest BCUT2D eigenvalue weighted by molar-refractivity contribution is 0.401. The molecule has 0 bridgehead atoms. The zero-order chi connectivity index (χ0) is 20.1. The van der Waals surface area contributed by atoms with Gasteiger partial charge in [-0.1, -0.05) is 78.0 Å². The smallest absolute Gasteiger partial charge is 0.268 e. The molecule has 0 aliphatic heterocycles. The van der Waals surface area contributed by atoms with Crippen LogP contribution in [0.3, 0.4) is 0 Å². The summed E-state index contributed by atoms with van der Waals surface area (Å²) in [5, 5.41) is 23.2. The number of rotatable bonds is 5. The first-order valence-corrected chi connectivity index (χ1v) is 9.09.